The van der Waals surface area contributed by atoms with Gasteiger partial charge < -0.3 is 10.1 Å². The zero-order valence-electron chi connectivity index (χ0n) is 13.4. The van der Waals surface area contributed by atoms with Gasteiger partial charge in [-0.2, -0.15) is 0 Å². The first-order valence-electron chi connectivity index (χ1n) is 8.06. The number of nitrogens with one attached hydrogen (secondary N) is 1. The standard InChI is InChI=1S/C17H23NO3S/c1-4-12-9(2)22-16(14(12)17(20)21-3)18-15(19)13-8-10-5-6-11(13)7-10/h10-11,13H,4-8H2,1-3H3,(H,18,19)/t10-,11+,13+/m1/s1. The van der Waals surface area contributed by atoms with Crippen molar-refractivity contribution in [2.24, 2.45) is 17.8 Å². The topological polar surface area (TPSA) is 55.4 Å². The van der Waals surface area contributed by atoms with E-state index in [0.717, 1.165) is 29.2 Å². The maximum absolute atomic E-state index is 12.6. The predicted octanol–water partition coefficient (Wildman–Crippen LogP) is 3.78. The van der Waals surface area contributed by atoms with E-state index in [2.05, 4.69) is 5.32 Å². The Morgan fingerprint density at radius 3 is 2.64 bits per heavy atom. The normalized spacial score (nSPS) is 26.2. The fourth-order valence-corrected chi connectivity index (χ4v) is 5.32. The summed E-state index contributed by atoms with van der Waals surface area (Å²) in [7, 11) is 1.39. The number of amides is 1. The first kappa shape index (κ1) is 15.5. The van der Waals surface area contributed by atoms with Gasteiger partial charge in [0.1, 0.15) is 5.00 Å². The van der Waals surface area contributed by atoms with Gasteiger partial charge in [0.2, 0.25) is 5.91 Å². The van der Waals surface area contributed by atoms with Gasteiger partial charge in [-0.15, -0.1) is 11.3 Å². The average molecular weight is 321 g/mol. The Bertz CT molecular complexity index is 607. The highest BCUT2D eigenvalue weighted by Gasteiger charge is 2.43. The lowest BCUT2D eigenvalue weighted by atomic mass is 9.88. The molecular weight excluding hydrogens is 298 g/mol. The minimum Gasteiger partial charge on any atom is -0.465 e. The van der Waals surface area contributed by atoms with Crippen LogP contribution in [-0.4, -0.2) is 19.0 Å². The van der Waals surface area contributed by atoms with E-state index in [1.807, 2.05) is 13.8 Å². The highest BCUT2D eigenvalue weighted by molar-refractivity contribution is 7.16. The Hall–Kier alpha value is -1.36. The zero-order valence-corrected chi connectivity index (χ0v) is 14.2. The summed E-state index contributed by atoms with van der Waals surface area (Å²) in [6.07, 6.45) is 5.42. The number of aryl methyl sites for hydroxylation is 1. The van der Waals surface area contributed by atoms with Crippen LogP contribution in [-0.2, 0) is 16.0 Å². The van der Waals surface area contributed by atoms with Gasteiger partial charge in [0, 0.05) is 10.8 Å². The average Bonchev–Trinajstić information content (AvgIpc) is 3.20. The molecule has 1 N–H and O–H groups in total. The lowest BCUT2D eigenvalue weighted by molar-refractivity contribution is -0.121. The molecule has 120 valence electrons. The SMILES string of the molecule is CCc1c(C)sc(NC(=O)[C@H]2C[C@@H]3CC[C@H]2C3)c1C(=O)OC. The van der Waals surface area contributed by atoms with E-state index in [1.165, 1.54) is 37.7 Å². The lowest BCUT2D eigenvalue weighted by Gasteiger charge is -2.20. The highest BCUT2D eigenvalue weighted by Crippen LogP contribution is 2.49. The molecule has 4 nitrogen and oxygen atoms in total. The number of ether oxygens (including phenoxy) is 1. The van der Waals surface area contributed by atoms with Gasteiger partial charge in [-0.1, -0.05) is 13.3 Å². The molecule has 0 saturated heterocycles. The number of carbonyl (C=O) groups is 2. The summed E-state index contributed by atoms with van der Waals surface area (Å²) in [6.45, 7) is 4.01. The third-order valence-electron chi connectivity index (χ3n) is 5.26. The van der Waals surface area contributed by atoms with Crippen LogP contribution < -0.4 is 5.32 Å². The number of carbonyl (C=O) groups excluding carboxylic acids is 2. The number of hydrogen-bond donors (Lipinski definition) is 1. The number of hydrogen-bond acceptors (Lipinski definition) is 4. The van der Waals surface area contributed by atoms with Gasteiger partial charge in [0.25, 0.3) is 0 Å². The molecule has 5 heteroatoms. The molecule has 1 heterocycles. The quantitative estimate of drug-likeness (QED) is 0.859. The monoisotopic (exact) mass is 321 g/mol. The smallest absolute Gasteiger partial charge is 0.341 e. The molecule has 22 heavy (non-hydrogen) atoms. The molecule has 1 aromatic heterocycles. The van der Waals surface area contributed by atoms with E-state index in [0.29, 0.717) is 16.5 Å². The number of thiophene rings is 1. The first-order chi connectivity index (χ1) is 10.5. The minimum absolute atomic E-state index is 0.0845. The summed E-state index contributed by atoms with van der Waals surface area (Å²) in [5.74, 6) is 1.12. The van der Waals surface area contributed by atoms with Crippen LogP contribution in [0.1, 0.15) is 53.4 Å². The summed E-state index contributed by atoms with van der Waals surface area (Å²) in [5, 5.41) is 3.69. The Kier molecular flexibility index (Phi) is 4.26. The van der Waals surface area contributed by atoms with E-state index in [1.54, 1.807) is 0 Å². The predicted molar refractivity (Wildman–Crippen MR) is 87.3 cm³/mol. The van der Waals surface area contributed by atoms with E-state index in [-0.39, 0.29) is 17.8 Å². The van der Waals surface area contributed by atoms with Crippen LogP contribution in [0.25, 0.3) is 0 Å². The van der Waals surface area contributed by atoms with Crippen LogP contribution in [0.15, 0.2) is 0 Å². The van der Waals surface area contributed by atoms with E-state index >= 15 is 0 Å². The molecule has 2 bridgehead atoms. The van der Waals surface area contributed by atoms with Crippen LogP contribution in [0.5, 0.6) is 0 Å². The summed E-state index contributed by atoms with van der Waals surface area (Å²) < 4.78 is 4.91. The van der Waals surface area contributed by atoms with E-state index < -0.39 is 0 Å². The molecular formula is C17H23NO3S. The molecule has 0 unspecified atom stereocenters. The number of fused-ring (bicyclic) bond motifs is 2. The Labute approximate surface area is 135 Å². The highest BCUT2D eigenvalue weighted by atomic mass is 32.1. The second kappa shape index (κ2) is 6.03. The number of methoxy groups -OCH3 is 1. The van der Waals surface area contributed by atoms with Crippen LogP contribution in [0.4, 0.5) is 5.00 Å². The molecule has 0 spiro atoms. The van der Waals surface area contributed by atoms with Crippen molar-refractivity contribution in [1.82, 2.24) is 0 Å². The zero-order chi connectivity index (χ0) is 15.9. The molecule has 0 radical (unpaired) electrons. The van der Waals surface area contributed by atoms with Crippen molar-refractivity contribution < 1.29 is 14.3 Å². The van der Waals surface area contributed by atoms with E-state index in [4.69, 9.17) is 4.74 Å². The largest absolute Gasteiger partial charge is 0.465 e. The van der Waals surface area contributed by atoms with Crippen molar-refractivity contribution in [2.45, 2.75) is 46.0 Å². The van der Waals surface area contributed by atoms with Crippen molar-refractivity contribution >= 4 is 28.2 Å². The maximum atomic E-state index is 12.6. The van der Waals surface area contributed by atoms with Crippen LogP contribution >= 0.6 is 11.3 Å². The minimum atomic E-state index is -0.357. The molecule has 0 aromatic carbocycles. The van der Waals surface area contributed by atoms with Crippen LogP contribution in [0, 0.1) is 24.7 Å². The summed E-state index contributed by atoms with van der Waals surface area (Å²) in [5.41, 5.74) is 1.53. The van der Waals surface area contributed by atoms with E-state index in [9.17, 15) is 9.59 Å². The lowest BCUT2D eigenvalue weighted by Crippen LogP contribution is -2.27. The fraction of sp³-hybridized carbons (Fsp3) is 0.647. The second-order valence-electron chi connectivity index (χ2n) is 6.46. The number of esters is 1. The molecule has 2 aliphatic rings. The van der Waals surface area contributed by atoms with Crippen molar-refractivity contribution in [3.8, 4) is 0 Å². The van der Waals surface area contributed by atoms with Crippen LogP contribution in [0.3, 0.4) is 0 Å². The molecule has 0 aliphatic heterocycles. The summed E-state index contributed by atoms with van der Waals surface area (Å²) in [4.78, 5) is 25.8. The molecule has 2 saturated carbocycles. The molecule has 2 fully saturated rings. The van der Waals surface area contributed by atoms with Gasteiger partial charge in [-0.25, -0.2) is 4.79 Å². The van der Waals surface area contributed by atoms with Gasteiger partial charge in [-0.3, -0.25) is 4.79 Å². The van der Waals surface area contributed by atoms with Gasteiger partial charge in [-0.05, 0) is 50.0 Å². The van der Waals surface area contributed by atoms with Gasteiger partial charge in [0.15, 0.2) is 0 Å². The molecule has 1 amide bonds. The summed E-state index contributed by atoms with van der Waals surface area (Å²) in [6, 6.07) is 0. The van der Waals surface area contributed by atoms with Crippen LogP contribution in [0.2, 0.25) is 0 Å². The van der Waals surface area contributed by atoms with Gasteiger partial charge >= 0.3 is 5.97 Å². The third-order valence-corrected chi connectivity index (χ3v) is 6.33. The Balaban J connectivity index is 1.82. The molecule has 2 aliphatic carbocycles. The number of anilines is 1. The Morgan fingerprint density at radius 2 is 2.09 bits per heavy atom. The molecule has 3 atom stereocenters. The molecule has 1 aromatic rings. The maximum Gasteiger partial charge on any atom is 0.341 e. The van der Waals surface area contributed by atoms with Gasteiger partial charge in [0.05, 0.1) is 12.7 Å². The Morgan fingerprint density at radius 1 is 1.32 bits per heavy atom. The second-order valence-corrected chi connectivity index (χ2v) is 7.68. The first-order valence-corrected chi connectivity index (χ1v) is 8.88. The van der Waals surface area contributed by atoms with Crippen molar-refractivity contribution in [2.75, 3.05) is 12.4 Å². The van der Waals surface area contributed by atoms with Crippen molar-refractivity contribution in [1.29, 1.82) is 0 Å². The van der Waals surface area contributed by atoms with Crippen molar-refractivity contribution in [3.05, 3.63) is 16.0 Å². The molecule has 3 rings (SSSR count). The summed E-state index contributed by atoms with van der Waals surface area (Å²) >= 11 is 1.48. The fourth-order valence-electron chi connectivity index (χ4n) is 4.18. The van der Waals surface area contributed by atoms with Crippen molar-refractivity contribution in [3.63, 3.8) is 0 Å². The third kappa shape index (κ3) is 2.56. The number of rotatable bonds is 4.